The molecule has 0 bridgehead atoms. The van der Waals surface area contributed by atoms with Gasteiger partial charge in [-0.05, 0) is 49.9 Å². The number of hydrogen-bond acceptors (Lipinski definition) is 5. The summed E-state index contributed by atoms with van der Waals surface area (Å²) in [4.78, 5) is 29.6. The number of nitrogens with one attached hydrogen (secondary N) is 1. The summed E-state index contributed by atoms with van der Waals surface area (Å²) in [6.45, 7) is 8.62. The van der Waals surface area contributed by atoms with Crippen LogP contribution in [0, 0.1) is 12.8 Å². The Morgan fingerprint density at radius 2 is 1.88 bits per heavy atom. The first-order chi connectivity index (χ1) is 15.6. The van der Waals surface area contributed by atoms with Crippen molar-refractivity contribution in [3.63, 3.8) is 0 Å². The first-order valence-electron chi connectivity index (χ1n) is 11.9. The molecule has 184 valence electrons. The smallest absolute Gasteiger partial charge is 0.226 e. The fourth-order valence-electron chi connectivity index (χ4n) is 4.79. The number of sulfone groups is 1. The molecular weight excluding hydrogens is 462 g/mol. The average Bonchev–Trinajstić information content (AvgIpc) is 3.30. The van der Waals surface area contributed by atoms with Crippen LogP contribution in [0.1, 0.15) is 57.1 Å². The molecule has 33 heavy (non-hydrogen) atoms. The van der Waals surface area contributed by atoms with Crippen LogP contribution in [-0.4, -0.2) is 67.2 Å². The van der Waals surface area contributed by atoms with E-state index in [1.165, 1.54) is 0 Å². The number of piperazine rings is 1. The Morgan fingerprint density at radius 1 is 1.18 bits per heavy atom. The minimum absolute atomic E-state index is 0.0263. The lowest BCUT2D eigenvalue weighted by molar-refractivity contribution is -0.140. The number of carbonyl (C=O) groups excluding carboxylic acids is 2. The van der Waals surface area contributed by atoms with Crippen LogP contribution in [0.25, 0.3) is 0 Å². The van der Waals surface area contributed by atoms with E-state index >= 15 is 0 Å². The average molecular weight is 498 g/mol. The molecule has 1 aliphatic heterocycles. The summed E-state index contributed by atoms with van der Waals surface area (Å²) in [5.74, 6) is 0.0413. The first-order valence-corrected chi connectivity index (χ1v) is 14.1. The van der Waals surface area contributed by atoms with Gasteiger partial charge in [-0.25, -0.2) is 8.42 Å². The summed E-state index contributed by atoms with van der Waals surface area (Å²) < 4.78 is 23.4. The standard InChI is InChI=1S/C24H36ClN3O4S/c1-4-33(31,32)12-9-23(29)26-22-14-21(25)13-20(18(22)3)16-27-10-11-28(17(2)15-27)24(30)19-7-5-6-8-19/h13-14,17,19H,4-12,15-16H2,1-3H3,(H,26,29)/t17-/m0/s1. The second kappa shape index (κ2) is 11.2. The van der Waals surface area contributed by atoms with E-state index < -0.39 is 9.84 Å². The van der Waals surface area contributed by atoms with Crippen molar-refractivity contribution in [2.45, 2.75) is 65.5 Å². The van der Waals surface area contributed by atoms with Crippen LogP contribution in [0.15, 0.2) is 12.1 Å². The van der Waals surface area contributed by atoms with Gasteiger partial charge in [0.25, 0.3) is 0 Å². The van der Waals surface area contributed by atoms with Crippen LogP contribution < -0.4 is 5.32 Å². The summed E-state index contributed by atoms with van der Waals surface area (Å²) in [7, 11) is -3.20. The molecule has 2 aliphatic rings. The van der Waals surface area contributed by atoms with Gasteiger partial charge in [0.1, 0.15) is 0 Å². The van der Waals surface area contributed by atoms with E-state index in [1.807, 2.05) is 17.9 Å². The maximum absolute atomic E-state index is 12.9. The van der Waals surface area contributed by atoms with Gasteiger partial charge in [-0.3, -0.25) is 14.5 Å². The number of rotatable bonds is 8. The maximum Gasteiger partial charge on any atom is 0.226 e. The fourth-order valence-corrected chi connectivity index (χ4v) is 5.81. The highest BCUT2D eigenvalue weighted by Gasteiger charge is 2.33. The van der Waals surface area contributed by atoms with E-state index in [4.69, 9.17) is 11.6 Å². The van der Waals surface area contributed by atoms with Crippen LogP contribution in [0.3, 0.4) is 0 Å². The minimum Gasteiger partial charge on any atom is -0.337 e. The molecule has 1 N–H and O–H groups in total. The molecule has 1 aromatic carbocycles. The van der Waals surface area contributed by atoms with Gasteiger partial charge in [-0.2, -0.15) is 0 Å². The van der Waals surface area contributed by atoms with Gasteiger partial charge in [0.15, 0.2) is 9.84 Å². The minimum atomic E-state index is -3.20. The van der Waals surface area contributed by atoms with E-state index in [0.29, 0.717) is 23.2 Å². The number of amides is 2. The zero-order valence-corrected chi connectivity index (χ0v) is 21.5. The van der Waals surface area contributed by atoms with E-state index in [0.717, 1.165) is 56.4 Å². The second-order valence-corrected chi connectivity index (χ2v) is 12.3. The number of carbonyl (C=O) groups is 2. The summed E-state index contributed by atoms with van der Waals surface area (Å²) in [6, 6.07) is 3.77. The zero-order chi connectivity index (χ0) is 24.2. The third-order valence-electron chi connectivity index (χ3n) is 6.93. The van der Waals surface area contributed by atoms with Crippen LogP contribution in [0.2, 0.25) is 5.02 Å². The Labute approximate surface area is 202 Å². The van der Waals surface area contributed by atoms with Crippen LogP contribution in [0.5, 0.6) is 0 Å². The van der Waals surface area contributed by atoms with Gasteiger partial charge in [0.2, 0.25) is 11.8 Å². The maximum atomic E-state index is 12.9. The van der Waals surface area contributed by atoms with Gasteiger partial charge in [-0.1, -0.05) is 31.4 Å². The molecule has 0 aromatic heterocycles. The molecule has 1 aliphatic carbocycles. The molecule has 7 nitrogen and oxygen atoms in total. The molecule has 1 aromatic rings. The molecule has 1 atom stereocenters. The lowest BCUT2D eigenvalue weighted by Crippen LogP contribution is -2.54. The highest BCUT2D eigenvalue weighted by atomic mass is 35.5. The predicted molar refractivity (Wildman–Crippen MR) is 132 cm³/mol. The van der Waals surface area contributed by atoms with Crippen molar-refractivity contribution in [3.05, 3.63) is 28.3 Å². The summed E-state index contributed by atoms with van der Waals surface area (Å²) in [5.41, 5.74) is 2.55. The SMILES string of the molecule is CCS(=O)(=O)CCC(=O)Nc1cc(Cl)cc(CN2CCN(C(=O)C3CCCC3)[C@@H](C)C2)c1C. The molecular formula is C24H36ClN3O4S. The van der Waals surface area contributed by atoms with E-state index in [1.54, 1.807) is 13.0 Å². The molecule has 9 heteroatoms. The fraction of sp³-hybridized carbons (Fsp3) is 0.667. The lowest BCUT2D eigenvalue weighted by atomic mass is 10.0. The Bertz CT molecular complexity index is 976. The number of nitrogens with zero attached hydrogens (tertiary/aromatic N) is 2. The molecule has 0 radical (unpaired) electrons. The highest BCUT2D eigenvalue weighted by Crippen LogP contribution is 2.29. The van der Waals surface area contributed by atoms with Crippen molar-refractivity contribution < 1.29 is 18.0 Å². The van der Waals surface area contributed by atoms with Crippen LogP contribution in [0.4, 0.5) is 5.69 Å². The van der Waals surface area contributed by atoms with E-state index in [2.05, 4.69) is 17.1 Å². The highest BCUT2D eigenvalue weighted by molar-refractivity contribution is 7.91. The van der Waals surface area contributed by atoms with Crippen LogP contribution >= 0.6 is 11.6 Å². The van der Waals surface area contributed by atoms with Gasteiger partial charge < -0.3 is 10.2 Å². The number of anilines is 1. The van der Waals surface area contributed by atoms with Crippen molar-refractivity contribution >= 4 is 38.9 Å². The summed E-state index contributed by atoms with van der Waals surface area (Å²) in [5, 5.41) is 3.35. The molecule has 1 saturated carbocycles. The molecule has 0 unspecified atom stereocenters. The van der Waals surface area contributed by atoms with Crippen molar-refractivity contribution in [1.82, 2.24) is 9.80 Å². The Balaban J connectivity index is 1.61. The predicted octanol–water partition coefficient (Wildman–Crippen LogP) is 3.63. The van der Waals surface area contributed by atoms with Crippen molar-refractivity contribution in [2.24, 2.45) is 5.92 Å². The van der Waals surface area contributed by atoms with Gasteiger partial charge in [-0.15, -0.1) is 0 Å². The quantitative estimate of drug-likeness (QED) is 0.592. The molecule has 1 saturated heterocycles. The van der Waals surface area contributed by atoms with Gasteiger partial charge in [0.05, 0.1) is 5.75 Å². The van der Waals surface area contributed by atoms with Crippen molar-refractivity contribution in [2.75, 3.05) is 36.5 Å². The van der Waals surface area contributed by atoms with E-state index in [9.17, 15) is 18.0 Å². The van der Waals surface area contributed by atoms with Crippen molar-refractivity contribution in [1.29, 1.82) is 0 Å². The Hall–Kier alpha value is -1.64. The first kappa shape index (κ1) is 26.0. The molecule has 3 rings (SSSR count). The second-order valence-electron chi connectivity index (χ2n) is 9.37. The number of halogens is 1. The lowest BCUT2D eigenvalue weighted by Gasteiger charge is -2.41. The molecule has 1 heterocycles. The van der Waals surface area contributed by atoms with E-state index in [-0.39, 0.29) is 35.8 Å². The third-order valence-corrected chi connectivity index (χ3v) is 8.85. The van der Waals surface area contributed by atoms with Gasteiger partial charge >= 0.3 is 0 Å². The van der Waals surface area contributed by atoms with Crippen molar-refractivity contribution in [3.8, 4) is 0 Å². The molecule has 2 fully saturated rings. The normalized spacial score (nSPS) is 20.2. The molecule has 2 amide bonds. The molecule has 0 spiro atoms. The summed E-state index contributed by atoms with van der Waals surface area (Å²) in [6.07, 6.45) is 4.28. The number of benzene rings is 1. The van der Waals surface area contributed by atoms with Crippen LogP contribution in [-0.2, 0) is 26.0 Å². The summed E-state index contributed by atoms with van der Waals surface area (Å²) >= 11 is 6.34. The number of hydrogen-bond donors (Lipinski definition) is 1. The largest absolute Gasteiger partial charge is 0.337 e. The monoisotopic (exact) mass is 497 g/mol. The van der Waals surface area contributed by atoms with Gasteiger partial charge in [0, 0.05) is 61.0 Å². The Kier molecular flexibility index (Phi) is 8.81. The zero-order valence-electron chi connectivity index (χ0n) is 19.9. The topological polar surface area (TPSA) is 86.8 Å². The Morgan fingerprint density at radius 3 is 2.52 bits per heavy atom. The third kappa shape index (κ3) is 6.93.